The van der Waals surface area contributed by atoms with Gasteiger partial charge in [-0.05, 0) is 43.0 Å². The van der Waals surface area contributed by atoms with Crippen molar-refractivity contribution in [2.45, 2.75) is 31.7 Å². The molecule has 0 radical (unpaired) electrons. The number of rotatable bonds is 4. The summed E-state index contributed by atoms with van der Waals surface area (Å²) in [6, 6.07) is 8.50. The van der Waals surface area contributed by atoms with Crippen LogP contribution in [0.4, 0.5) is 0 Å². The van der Waals surface area contributed by atoms with Gasteiger partial charge in [-0.1, -0.05) is 6.07 Å². The van der Waals surface area contributed by atoms with Gasteiger partial charge in [0.2, 0.25) is 0 Å². The topological polar surface area (TPSA) is 50.9 Å². The number of aromatic nitrogens is 1. The molecule has 0 bridgehead atoms. The van der Waals surface area contributed by atoms with Crippen molar-refractivity contribution in [3.05, 3.63) is 51.5 Å². The number of nitrogens with zero attached hydrogens (tertiary/aromatic N) is 1. The predicted octanol–water partition coefficient (Wildman–Crippen LogP) is 2.38. The molecule has 4 heteroatoms. The van der Waals surface area contributed by atoms with Gasteiger partial charge < -0.3 is 0 Å². The largest absolute Gasteiger partial charge is 0.271 e. The van der Waals surface area contributed by atoms with E-state index >= 15 is 0 Å². The lowest BCUT2D eigenvalue weighted by Crippen LogP contribution is -2.29. The van der Waals surface area contributed by atoms with Crippen LogP contribution in [0.1, 0.15) is 33.5 Å². The van der Waals surface area contributed by atoms with Crippen LogP contribution in [0.15, 0.2) is 30.5 Å². The Labute approximate surface area is 111 Å². The van der Waals surface area contributed by atoms with E-state index in [-0.39, 0.29) is 6.04 Å². The summed E-state index contributed by atoms with van der Waals surface area (Å²) in [4.78, 5) is 7.25. The van der Waals surface area contributed by atoms with Crippen LogP contribution in [0.2, 0.25) is 0 Å². The molecule has 0 spiro atoms. The number of nitrogens with two attached hydrogens (primary N) is 1. The van der Waals surface area contributed by atoms with Gasteiger partial charge in [-0.2, -0.15) is 0 Å². The molecule has 0 amide bonds. The molecule has 2 heterocycles. The number of thiophene rings is 1. The van der Waals surface area contributed by atoms with Crippen molar-refractivity contribution >= 4 is 11.3 Å². The Morgan fingerprint density at radius 2 is 2.33 bits per heavy atom. The standard InChI is InChI=1S/C14H17N3S/c15-17-12(9-11-5-1-2-7-16-11)14-8-10-4-3-6-13(10)18-14/h1-2,5,7-8,12,17H,3-4,6,9,15H2. The maximum atomic E-state index is 5.70. The Bertz CT molecular complexity index is 500. The van der Waals surface area contributed by atoms with E-state index in [0.717, 1.165) is 12.1 Å². The van der Waals surface area contributed by atoms with Crippen LogP contribution in [-0.4, -0.2) is 4.98 Å². The Balaban J connectivity index is 1.79. The molecule has 3 N–H and O–H groups in total. The number of aryl methyl sites for hydroxylation is 2. The lowest BCUT2D eigenvalue weighted by atomic mass is 10.1. The molecule has 2 aromatic rings. The fraction of sp³-hybridized carbons (Fsp3) is 0.357. The van der Waals surface area contributed by atoms with E-state index in [1.165, 1.54) is 29.7 Å². The van der Waals surface area contributed by atoms with Crippen LogP contribution in [0.25, 0.3) is 0 Å². The quantitative estimate of drug-likeness (QED) is 0.655. The van der Waals surface area contributed by atoms with Crippen LogP contribution in [0.5, 0.6) is 0 Å². The lowest BCUT2D eigenvalue weighted by molar-refractivity contribution is 0.554. The summed E-state index contributed by atoms with van der Waals surface area (Å²) in [5.74, 6) is 5.70. The molecular formula is C14H17N3S. The summed E-state index contributed by atoms with van der Waals surface area (Å²) in [7, 11) is 0. The SMILES string of the molecule is NNC(Cc1ccccn1)c1cc2c(s1)CCC2. The van der Waals surface area contributed by atoms with Gasteiger partial charge in [-0.3, -0.25) is 16.3 Å². The molecule has 0 fully saturated rings. The van der Waals surface area contributed by atoms with E-state index in [9.17, 15) is 0 Å². The summed E-state index contributed by atoms with van der Waals surface area (Å²) in [6.45, 7) is 0. The molecule has 1 aliphatic rings. The molecule has 3 rings (SSSR count). The Morgan fingerprint density at radius 1 is 1.39 bits per heavy atom. The second-order valence-corrected chi connectivity index (χ2v) is 5.86. The zero-order valence-corrected chi connectivity index (χ0v) is 11.0. The molecule has 1 aliphatic carbocycles. The fourth-order valence-electron chi connectivity index (χ4n) is 2.49. The van der Waals surface area contributed by atoms with Gasteiger partial charge in [-0.25, -0.2) is 0 Å². The van der Waals surface area contributed by atoms with Crippen molar-refractivity contribution in [1.29, 1.82) is 0 Å². The lowest BCUT2D eigenvalue weighted by Gasteiger charge is -2.13. The summed E-state index contributed by atoms with van der Waals surface area (Å²) in [6.07, 6.45) is 6.45. The predicted molar refractivity (Wildman–Crippen MR) is 74.3 cm³/mol. The smallest absolute Gasteiger partial charge is 0.0608 e. The van der Waals surface area contributed by atoms with Crippen molar-refractivity contribution in [1.82, 2.24) is 10.4 Å². The van der Waals surface area contributed by atoms with Crippen molar-refractivity contribution in [3.63, 3.8) is 0 Å². The van der Waals surface area contributed by atoms with Crippen molar-refractivity contribution in [3.8, 4) is 0 Å². The third kappa shape index (κ3) is 2.32. The minimum atomic E-state index is 0.176. The van der Waals surface area contributed by atoms with Gasteiger partial charge in [0.1, 0.15) is 0 Å². The zero-order chi connectivity index (χ0) is 12.4. The third-order valence-corrected chi connectivity index (χ3v) is 4.80. The van der Waals surface area contributed by atoms with Gasteiger partial charge in [0, 0.05) is 28.1 Å². The Morgan fingerprint density at radius 3 is 3.06 bits per heavy atom. The number of hydrogen-bond acceptors (Lipinski definition) is 4. The molecule has 2 aromatic heterocycles. The molecule has 0 saturated heterocycles. The number of pyridine rings is 1. The second-order valence-electron chi connectivity index (χ2n) is 4.70. The summed E-state index contributed by atoms with van der Waals surface area (Å²) in [5.41, 5.74) is 5.53. The minimum Gasteiger partial charge on any atom is -0.271 e. The normalized spacial score (nSPS) is 15.6. The maximum Gasteiger partial charge on any atom is 0.0608 e. The molecule has 18 heavy (non-hydrogen) atoms. The van der Waals surface area contributed by atoms with E-state index < -0.39 is 0 Å². The van der Waals surface area contributed by atoms with E-state index in [2.05, 4.69) is 16.5 Å². The van der Waals surface area contributed by atoms with E-state index in [4.69, 9.17) is 5.84 Å². The van der Waals surface area contributed by atoms with Gasteiger partial charge in [-0.15, -0.1) is 11.3 Å². The van der Waals surface area contributed by atoms with Gasteiger partial charge in [0.25, 0.3) is 0 Å². The monoisotopic (exact) mass is 259 g/mol. The summed E-state index contributed by atoms with van der Waals surface area (Å²) in [5, 5.41) is 0. The minimum absolute atomic E-state index is 0.176. The van der Waals surface area contributed by atoms with Gasteiger partial charge in [0.15, 0.2) is 0 Å². The third-order valence-electron chi connectivity index (χ3n) is 3.45. The Kier molecular flexibility index (Phi) is 3.41. The highest BCUT2D eigenvalue weighted by Gasteiger charge is 2.19. The molecule has 1 atom stereocenters. The first-order chi connectivity index (χ1) is 8.86. The van der Waals surface area contributed by atoms with Crippen LogP contribution < -0.4 is 11.3 Å². The number of fused-ring (bicyclic) bond motifs is 1. The van der Waals surface area contributed by atoms with Gasteiger partial charge >= 0.3 is 0 Å². The fourth-order valence-corrected chi connectivity index (χ4v) is 3.81. The molecule has 94 valence electrons. The van der Waals surface area contributed by atoms with Crippen LogP contribution in [-0.2, 0) is 19.3 Å². The second kappa shape index (κ2) is 5.18. The highest BCUT2D eigenvalue weighted by Crippen LogP contribution is 2.34. The zero-order valence-electron chi connectivity index (χ0n) is 10.2. The summed E-state index contributed by atoms with van der Waals surface area (Å²) >= 11 is 1.90. The van der Waals surface area contributed by atoms with Crippen molar-refractivity contribution in [2.75, 3.05) is 0 Å². The number of hydrazine groups is 1. The first kappa shape index (κ1) is 11.8. The summed E-state index contributed by atoms with van der Waals surface area (Å²) < 4.78 is 0. The Hall–Kier alpha value is -1.23. The molecule has 0 saturated carbocycles. The molecular weight excluding hydrogens is 242 g/mol. The van der Waals surface area contributed by atoms with Crippen LogP contribution >= 0.6 is 11.3 Å². The van der Waals surface area contributed by atoms with E-state index in [1.54, 1.807) is 4.88 Å². The average Bonchev–Trinajstić information content (AvgIpc) is 2.98. The molecule has 0 aromatic carbocycles. The van der Waals surface area contributed by atoms with Crippen molar-refractivity contribution < 1.29 is 0 Å². The maximum absolute atomic E-state index is 5.70. The molecule has 0 aliphatic heterocycles. The van der Waals surface area contributed by atoms with Crippen molar-refractivity contribution in [2.24, 2.45) is 5.84 Å². The molecule has 3 nitrogen and oxygen atoms in total. The van der Waals surface area contributed by atoms with E-state index in [0.29, 0.717) is 0 Å². The van der Waals surface area contributed by atoms with Gasteiger partial charge in [0.05, 0.1) is 6.04 Å². The molecule has 1 unspecified atom stereocenters. The van der Waals surface area contributed by atoms with Crippen LogP contribution in [0, 0.1) is 0 Å². The first-order valence-electron chi connectivity index (χ1n) is 6.34. The van der Waals surface area contributed by atoms with Crippen LogP contribution in [0.3, 0.4) is 0 Å². The highest BCUT2D eigenvalue weighted by molar-refractivity contribution is 7.12. The van der Waals surface area contributed by atoms with E-state index in [1.807, 2.05) is 35.7 Å². The first-order valence-corrected chi connectivity index (χ1v) is 7.16. The highest BCUT2D eigenvalue weighted by atomic mass is 32.1. The number of nitrogens with one attached hydrogen (secondary N) is 1. The average molecular weight is 259 g/mol. The number of hydrogen-bond donors (Lipinski definition) is 2.